The Balaban J connectivity index is 1.92. The first kappa shape index (κ1) is 7.59. The number of fused-ring (bicyclic) bond motifs is 5. The number of halogens is 3. The van der Waals surface area contributed by atoms with Crippen LogP contribution < -0.4 is 0 Å². The fourth-order valence-corrected chi connectivity index (χ4v) is 2.76. The van der Waals surface area contributed by atoms with Gasteiger partial charge in [0.05, 0.1) is 6.04 Å². The lowest BCUT2D eigenvalue weighted by Crippen LogP contribution is -2.47. The third-order valence-corrected chi connectivity index (χ3v) is 3.31. The summed E-state index contributed by atoms with van der Waals surface area (Å²) in [7, 11) is 0. The summed E-state index contributed by atoms with van der Waals surface area (Å²) < 4.78 is 36.9. The molecule has 1 fully saturated rings. The van der Waals surface area contributed by atoms with E-state index in [1.807, 2.05) is 12.2 Å². The molecule has 3 aliphatic rings. The van der Waals surface area contributed by atoms with Gasteiger partial charge in [-0.1, -0.05) is 12.2 Å². The summed E-state index contributed by atoms with van der Waals surface area (Å²) in [5.41, 5.74) is -0.519. The van der Waals surface area contributed by atoms with Crippen LogP contribution in [0.25, 0.3) is 0 Å². The van der Waals surface area contributed by atoms with E-state index in [0.717, 1.165) is 6.42 Å². The summed E-state index contributed by atoms with van der Waals surface area (Å²) in [6.07, 6.45) is 0.618. The van der Waals surface area contributed by atoms with Crippen LogP contribution in [0, 0.1) is 17.8 Å². The number of hydrogen-bond acceptors (Lipinski definition) is 1. The number of aliphatic imine (C=N–C) groups is 1. The van der Waals surface area contributed by atoms with Gasteiger partial charge in [-0.2, -0.15) is 13.2 Å². The molecule has 0 aromatic heterocycles. The summed E-state index contributed by atoms with van der Waals surface area (Å²) in [5.74, 6) is 0.0974. The predicted molar refractivity (Wildman–Crippen MR) is 41.5 cm³/mol. The van der Waals surface area contributed by atoms with E-state index in [-0.39, 0.29) is 17.9 Å². The first-order valence-electron chi connectivity index (χ1n) is 4.40. The van der Waals surface area contributed by atoms with Gasteiger partial charge in [0.25, 0.3) is 0 Å². The van der Waals surface area contributed by atoms with Crippen molar-refractivity contribution in [1.82, 2.24) is 0 Å². The molecule has 2 aliphatic carbocycles. The van der Waals surface area contributed by atoms with Crippen LogP contribution >= 0.6 is 0 Å². The first-order valence-corrected chi connectivity index (χ1v) is 4.40. The molecule has 0 saturated heterocycles. The van der Waals surface area contributed by atoms with Crippen molar-refractivity contribution in [3.63, 3.8) is 0 Å². The molecule has 0 amide bonds. The second-order valence-electron chi connectivity index (χ2n) is 3.98. The Morgan fingerprint density at radius 1 is 1.23 bits per heavy atom. The molecular formula is C9H8F3N. The van der Waals surface area contributed by atoms with Gasteiger partial charge in [-0.15, -0.1) is 0 Å². The van der Waals surface area contributed by atoms with Gasteiger partial charge in [0.1, 0.15) is 5.71 Å². The van der Waals surface area contributed by atoms with Gasteiger partial charge in [0.2, 0.25) is 0 Å². The summed E-state index contributed by atoms with van der Waals surface area (Å²) in [4.78, 5) is 3.68. The minimum Gasteiger partial charge on any atom is -0.280 e. The monoisotopic (exact) mass is 187 g/mol. The maximum atomic E-state index is 12.3. The van der Waals surface area contributed by atoms with Crippen LogP contribution in [0.3, 0.4) is 0 Å². The Bertz CT molecular complexity index is 315. The van der Waals surface area contributed by atoms with E-state index in [9.17, 15) is 13.2 Å². The van der Waals surface area contributed by atoms with Gasteiger partial charge < -0.3 is 0 Å². The summed E-state index contributed by atoms with van der Waals surface area (Å²) in [6.45, 7) is 0. The maximum Gasteiger partial charge on any atom is 0.429 e. The van der Waals surface area contributed by atoms with Gasteiger partial charge in [-0.3, -0.25) is 4.99 Å². The zero-order valence-corrected chi connectivity index (χ0v) is 6.75. The number of allylic oxidation sites excluding steroid dienone is 1. The summed E-state index contributed by atoms with van der Waals surface area (Å²) >= 11 is 0. The molecule has 0 aromatic rings. The summed E-state index contributed by atoms with van der Waals surface area (Å²) in [5, 5.41) is 0. The number of hydrogen-bond donors (Lipinski definition) is 0. The quantitative estimate of drug-likeness (QED) is 0.515. The van der Waals surface area contributed by atoms with Crippen LogP contribution in [0.4, 0.5) is 13.2 Å². The SMILES string of the molecule is FC(F)(F)C1=NC2C3C=CC(C3)C12. The fourth-order valence-electron chi connectivity index (χ4n) is 2.76. The molecule has 0 radical (unpaired) electrons. The molecule has 0 spiro atoms. The molecule has 1 saturated carbocycles. The van der Waals surface area contributed by atoms with Gasteiger partial charge in [-0.25, -0.2) is 0 Å². The molecule has 4 unspecified atom stereocenters. The van der Waals surface area contributed by atoms with Crippen LogP contribution in [0.2, 0.25) is 0 Å². The summed E-state index contributed by atoms with van der Waals surface area (Å²) in [6, 6.07) is -0.0494. The second-order valence-corrected chi connectivity index (χ2v) is 3.98. The minimum atomic E-state index is -4.19. The Kier molecular flexibility index (Phi) is 1.16. The highest BCUT2D eigenvalue weighted by atomic mass is 19.4. The van der Waals surface area contributed by atoms with E-state index in [2.05, 4.69) is 4.99 Å². The van der Waals surface area contributed by atoms with Gasteiger partial charge in [0, 0.05) is 11.8 Å². The van der Waals surface area contributed by atoms with Crippen LogP contribution in [-0.2, 0) is 0 Å². The molecular weight excluding hydrogens is 179 g/mol. The lowest BCUT2D eigenvalue weighted by Gasteiger charge is -2.36. The second kappa shape index (κ2) is 1.99. The smallest absolute Gasteiger partial charge is 0.280 e. The standard InChI is InChI=1S/C9H8F3N/c10-9(11,12)8-6-4-1-2-5(3-4)7(6)13-8/h1-2,4-7H,3H2. The van der Waals surface area contributed by atoms with Crippen molar-refractivity contribution in [1.29, 1.82) is 0 Å². The molecule has 0 aromatic carbocycles. The van der Waals surface area contributed by atoms with E-state index in [0.29, 0.717) is 5.92 Å². The maximum absolute atomic E-state index is 12.3. The van der Waals surface area contributed by atoms with Crippen molar-refractivity contribution >= 4 is 5.71 Å². The zero-order valence-electron chi connectivity index (χ0n) is 6.75. The highest BCUT2D eigenvalue weighted by Gasteiger charge is 2.59. The Morgan fingerprint density at radius 3 is 2.54 bits per heavy atom. The van der Waals surface area contributed by atoms with E-state index < -0.39 is 11.9 Å². The molecule has 1 aliphatic heterocycles. The predicted octanol–water partition coefficient (Wildman–Crippen LogP) is 2.19. The van der Waals surface area contributed by atoms with Crippen molar-refractivity contribution in [2.75, 3.05) is 0 Å². The molecule has 4 heteroatoms. The van der Waals surface area contributed by atoms with Crippen molar-refractivity contribution in [3.8, 4) is 0 Å². The molecule has 0 N–H and O–H groups in total. The number of nitrogens with zero attached hydrogens (tertiary/aromatic N) is 1. The third-order valence-electron chi connectivity index (χ3n) is 3.31. The molecule has 1 nitrogen and oxygen atoms in total. The Morgan fingerprint density at radius 2 is 1.92 bits per heavy atom. The number of alkyl halides is 3. The van der Waals surface area contributed by atoms with E-state index in [1.165, 1.54) is 0 Å². The highest BCUT2D eigenvalue weighted by Crippen LogP contribution is 2.53. The molecule has 4 atom stereocenters. The normalized spacial score (nSPS) is 45.9. The van der Waals surface area contributed by atoms with E-state index >= 15 is 0 Å². The molecule has 3 rings (SSSR count). The lowest BCUT2D eigenvalue weighted by atomic mass is 9.80. The molecule has 70 valence electrons. The van der Waals surface area contributed by atoms with E-state index in [4.69, 9.17) is 0 Å². The third kappa shape index (κ3) is 0.810. The Hall–Kier alpha value is -0.800. The van der Waals surface area contributed by atoms with E-state index in [1.54, 1.807) is 0 Å². The van der Waals surface area contributed by atoms with Crippen LogP contribution in [0.1, 0.15) is 6.42 Å². The van der Waals surface area contributed by atoms with Gasteiger partial charge >= 0.3 is 6.18 Å². The van der Waals surface area contributed by atoms with Crippen LogP contribution in [-0.4, -0.2) is 17.9 Å². The topological polar surface area (TPSA) is 12.4 Å². The van der Waals surface area contributed by atoms with Crippen LogP contribution in [0.5, 0.6) is 0 Å². The largest absolute Gasteiger partial charge is 0.429 e. The van der Waals surface area contributed by atoms with Crippen molar-refractivity contribution in [2.24, 2.45) is 22.7 Å². The van der Waals surface area contributed by atoms with Crippen LogP contribution in [0.15, 0.2) is 17.1 Å². The minimum absolute atomic E-state index is 0.0494. The molecule has 13 heavy (non-hydrogen) atoms. The number of rotatable bonds is 0. The van der Waals surface area contributed by atoms with Crippen molar-refractivity contribution in [3.05, 3.63) is 12.2 Å². The zero-order chi connectivity index (χ0) is 9.22. The van der Waals surface area contributed by atoms with Crippen molar-refractivity contribution < 1.29 is 13.2 Å². The lowest BCUT2D eigenvalue weighted by molar-refractivity contribution is -0.0677. The molecule has 2 bridgehead atoms. The fraction of sp³-hybridized carbons (Fsp3) is 0.667. The average Bonchev–Trinajstić information content (AvgIpc) is 2.37. The molecule has 1 heterocycles. The van der Waals surface area contributed by atoms with Gasteiger partial charge in [-0.05, 0) is 12.3 Å². The first-order chi connectivity index (χ1) is 6.07. The average molecular weight is 187 g/mol. The Labute approximate surface area is 73.3 Å². The van der Waals surface area contributed by atoms with Crippen molar-refractivity contribution in [2.45, 2.75) is 18.6 Å². The highest BCUT2D eigenvalue weighted by molar-refractivity contribution is 5.97. The van der Waals surface area contributed by atoms with Gasteiger partial charge in [0.15, 0.2) is 0 Å².